The highest BCUT2D eigenvalue weighted by Gasteiger charge is 2.18. The number of para-hydroxylation sites is 2. The van der Waals surface area contributed by atoms with E-state index in [1.807, 2.05) is 42.5 Å². The van der Waals surface area contributed by atoms with Crippen LogP contribution in [-0.4, -0.2) is 34.6 Å². The van der Waals surface area contributed by atoms with Crippen molar-refractivity contribution in [1.82, 2.24) is 20.6 Å². The predicted octanol–water partition coefficient (Wildman–Crippen LogP) is 3.90. The minimum absolute atomic E-state index is 0.133. The molecule has 0 fully saturated rings. The van der Waals surface area contributed by atoms with Crippen LogP contribution in [0.5, 0.6) is 0 Å². The summed E-state index contributed by atoms with van der Waals surface area (Å²) in [6.07, 6.45) is 3.71. The van der Waals surface area contributed by atoms with Crippen molar-refractivity contribution < 1.29 is 4.79 Å². The third-order valence-corrected chi connectivity index (χ3v) is 4.84. The molecule has 0 unspecified atom stereocenters. The fourth-order valence-electron chi connectivity index (χ4n) is 2.82. The van der Waals surface area contributed by atoms with Gasteiger partial charge >= 0.3 is 6.03 Å². The third kappa shape index (κ3) is 5.02. The summed E-state index contributed by atoms with van der Waals surface area (Å²) in [6, 6.07) is 17.8. The number of aromatic amines is 1. The Kier molecular flexibility index (Phi) is 6.55. The van der Waals surface area contributed by atoms with Crippen LogP contribution in [0, 0.1) is 0 Å². The summed E-state index contributed by atoms with van der Waals surface area (Å²) in [5.74, 6) is 1.75. The minimum Gasteiger partial charge on any atom is -0.340 e. The quantitative estimate of drug-likeness (QED) is 0.565. The molecule has 136 valence electrons. The number of urea groups is 1. The van der Waals surface area contributed by atoms with Gasteiger partial charge in [0.15, 0.2) is 0 Å². The highest BCUT2D eigenvalue weighted by molar-refractivity contribution is 7.98. The zero-order chi connectivity index (χ0) is 18.2. The summed E-state index contributed by atoms with van der Waals surface area (Å²) in [5, 5.41) is 6.00. The molecule has 5 nitrogen and oxygen atoms in total. The van der Waals surface area contributed by atoms with Gasteiger partial charge in [-0.2, -0.15) is 11.8 Å². The van der Waals surface area contributed by atoms with Gasteiger partial charge in [-0.1, -0.05) is 42.5 Å². The van der Waals surface area contributed by atoms with Gasteiger partial charge in [0, 0.05) is 6.54 Å². The van der Waals surface area contributed by atoms with Gasteiger partial charge in [-0.25, -0.2) is 9.78 Å². The van der Waals surface area contributed by atoms with Gasteiger partial charge in [0.2, 0.25) is 0 Å². The average Bonchev–Trinajstić information content (AvgIpc) is 3.10. The second kappa shape index (κ2) is 9.29. The smallest absolute Gasteiger partial charge is 0.315 e. The molecule has 2 aromatic carbocycles. The molecule has 6 heteroatoms. The number of rotatable bonds is 8. The van der Waals surface area contributed by atoms with Gasteiger partial charge in [0.25, 0.3) is 0 Å². The second-order valence-electron chi connectivity index (χ2n) is 6.11. The van der Waals surface area contributed by atoms with E-state index < -0.39 is 0 Å². The Labute approximate surface area is 158 Å². The van der Waals surface area contributed by atoms with Gasteiger partial charge in [-0.05, 0) is 42.5 Å². The average molecular weight is 369 g/mol. The lowest BCUT2D eigenvalue weighted by Crippen LogP contribution is -2.39. The highest BCUT2D eigenvalue weighted by Crippen LogP contribution is 2.19. The number of carbonyl (C=O) groups is 1. The van der Waals surface area contributed by atoms with Crippen molar-refractivity contribution in [2.75, 3.05) is 18.6 Å². The summed E-state index contributed by atoms with van der Waals surface area (Å²) in [4.78, 5) is 20.3. The largest absolute Gasteiger partial charge is 0.340 e. The number of carbonyl (C=O) groups excluding carboxylic acids is 1. The monoisotopic (exact) mass is 368 g/mol. The van der Waals surface area contributed by atoms with Gasteiger partial charge in [-0.15, -0.1) is 0 Å². The lowest BCUT2D eigenvalue weighted by molar-refractivity contribution is 0.236. The van der Waals surface area contributed by atoms with Gasteiger partial charge in [0.05, 0.1) is 17.1 Å². The molecule has 1 aromatic heterocycles. The van der Waals surface area contributed by atoms with Crippen molar-refractivity contribution in [1.29, 1.82) is 0 Å². The number of imidazole rings is 1. The fourth-order valence-corrected chi connectivity index (χ4v) is 3.30. The summed E-state index contributed by atoms with van der Waals surface area (Å²) in [7, 11) is 0. The van der Waals surface area contributed by atoms with Crippen LogP contribution in [0.4, 0.5) is 4.79 Å². The molecule has 3 aromatic rings. The Morgan fingerprint density at radius 1 is 1.15 bits per heavy atom. The first-order valence-electron chi connectivity index (χ1n) is 8.78. The van der Waals surface area contributed by atoms with Crippen molar-refractivity contribution in [2.45, 2.75) is 18.9 Å². The second-order valence-corrected chi connectivity index (χ2v) is 7.09. The Balaban J connectivity index is 1.59. The molecular weight excluding hydrogens is 344 g/mol. The minimum atomic E-state index is -0.160. The van der Waals surface area contributed by atoms with E-state index in [0.29, 0.717) is 6.54 Å². The SMILES string of the molecule is CSCC[C@@H](NC(=O)NCCc1ccccc1)c1nc2ccccc2[nH]1. The van der Waals surface area contributed by atoms with E-state index in [1.54, 1.807) is 11.8 Å². The maximum absolute atomic E-state index is 12.3. The molecule has 2 amide bonds. The molecule has 3 N–H and O–H groups in total. The number of fused-ring (bicyclic) bond motifs is 1. The molecule has 3 rings (SSSR count). The van der Waals surface area contributed by atoms with Crippen molar-refractivity contribution in [3.8, 4) is 0 Å². The predicted molar refractivity (Wildman–Crippen MR) is 109 cm³/mol. The number of amides is 2. The van der Waals surface area contributed by atoms with Crippen LogP contribution in [-0.2, 0) is 6.42 Å². The number of hydrogen-bond acceptors (Lipinski definition) is 3. The van der Waals surface area contributed by atoms with Crippen molar-refractivity contribution in [3.63, 3.8) is 0 Å². The van der Waals surface area contributed by atoms with Crippen LogP contribution in [0.15, 0.2) is 54.6 Å². The summed E-state index contributed by atoms with van der Waals surface area (Å²) < 4.78 is 0. The van der Waals surface area contributed by atoms with E-state index in [4.69, 9.17) is 0 Å². The standard InChI is InChI=1S/C20H24N4OS/c1-26-14-12-18(19-22-16-9-5-6-10-17(16)23-19)24-20(25)21-13-11-15-7-3-2-4-8-15/h2-10,18H,11-14H2,1H3,(H,22,23)(H2,21,24,25)/t18-/m1/s1. The molecule has 1 heterocycles. The van der Waals surface area contributed by atoms with Gasteiger partial charge in [0.1, 0.15) is 5.82 Å². The number of H-pyrrole nitrogens is 1. The Morgan fingerprint density at radius 3 is 2.69 bits per heavy atom. The van der Waals surface area contributed by atoms with Crippen molar-refractivity contribution in [2.24, 2.45) is 0 Å². The van der Waals surface area contributed by atoms with Crippen LogP contribution in [0.1, 0.15) is 23.9 Å². The molecule has 0 aliphatic carbocycles. The van der Waals surface area contributed by atoms with E-state index in [-0.39, 0.29) is 12.1 Å². The molecular formula is C20H24N4OS. The number of nitrogens with one attached hydrogen (secondary N) is 3. The number of aromatic nitrogens is 2. The molecule has 0 saturated heterocycles. The lowest BCUT2D eigenvalue weighted by Gasteiger charge is -2.17. The Hall–Kier alpha value is -2.47. The third-order valence-electron chi connectivity index (χ3n) is 4.20. The first-order chi connectivity index (χ1) is 12.8. The summed E-state index contributed by atoms with van der Waals surface area (Å²) in [6.45, 7) is 0.602. The van der Waals surface area contributed by atoms with Crippen LogP contribution < -0.4 is 10.6 Å². The Morgan fingerprint density at radius 2 is 1.92 bits per heavy atom. The summed E-state index contributed by atoms with van der Waals surface area (Å²) >= 11 is 1.76. The fraction of sp³-hybridized carbons (Fsp3) is 0.300. The van der Waals surface area contributed by atoms with E-state index in [1.165, 1.54) is 5.56 Å². The summed E-state index contributed by atoms with van der Waals surface area (Å²) in [5.41, 5.74) is 3.12. The molecule has 0 radical (unpaired) electrons. The molecule has 1 atom stereocenters. The maximum Gasteiger partial charge on any atom is 0.315 e. The Bertz CT molecular complexity index is 801. The maximum atomic E-state index is 12.3. The van der Waals surface area contributed by atoms with Crippen LogP contribution >= 0.6 is 11.8 Å². The highest BCUT2D eigenvalue weighted by atomic mass is 32.2. The number of hydrogen-bond donors (Lipinski definition) is 3. The molecule has 0 bridgehead atoms. The molecule has 26 heavy (non-hydrogen) atoms. The van der Waals surface area contributed by atoms with Crippen LogP contribution in [0.25, 0.3) is 11.0 Å². The topological polar surface area (TPSA) is 69.8 Å². The van der Waals surface area contributed by atoms with E-state index in [0.717, 1.165) is 35.5 Å². The molecule has 0 aliphatic heterocycles. The van der Waals surface area contributed by atoms with Gasteiger partial charge < -0.3 is 15.6 Å². The van der Waals surface area contributed by atoms with E-state index in [2.05, 4.69) is 39.0 Å². The zero-order valence-electron chi connectivity index (χ0n) is 14.9. The number of benzene rings is 2. The zero-order valence-corrected chi connectivity index (χ0v) is 15.7. The van der Waals surface area contributed by atoms with E-state index in [9.17, 15) is 4.79 Å². The van der Waals surface area contributed by atoms with Crippen molar-refractivity contribution in [3.05, 3.63) is 66.0 Å². The van der Waals surface area contributed by atoms with Crippen molar-refractivity contribution >= 4 is 28.8 Å². The molecule has 0 spiro atoms. The van der Waals surface area contributed by atoms with Crippen LogP contribution in [0.3, 0.4) is 0 Å². The van der Waals surface area contributed by atoms with E-state index >= 15 is 0 Å². The number of nitrogens with zero attached hydrogens (tertiary/aromatic N) is 1. The molecule has 0 saturated carbocycles. The van der Waals surface area contributed by atoms with Crippen LogP contribution in [0.2, 0.25) is 0 Å². The molecule has 0 aliphatic rings. The normalized spacial score (nSPS) is 12.0. The lowest BCUT2D eigenvalue weighted by atomic mass is 10.1. The van der Waals surface area contributed by atoms with Gasteiger partial charge in [-0.3, -0.25) is 0 Å². The first kappa shape index (κ1) is 18.3. The first-order valence-corrected chi connectivity index (χ1v) is 10.2. The number of thioether (sulfide) groups is 1.